The third kappa shape index (κ3) is 5.07. The van der Waals surface area contributed by atoms with Crippen molar-refractivity contribution in [3.8, 4) is 0 Å². The molecular weight excluding hydrogens is 319 g/mol. The first-order chi connectivity index (χ1) is 10.6. The standard InChI is InChI=1S/C16H20Cl2N4/c1-11-3-5-15(13(17)9-11)21-19-7-8-20-22-16-6-4-12(2)10-14(16)18/h3-6,9-10,19-22H,7-8H2,1-2H3. The first-order valence-corrected chi connectivity index (χ1v) is 7.82. The monoisotopic (exact) mass is 338 g/mol. The summed E-state index contributed by atoms with van der Waals surface area (Å²) in [5.41, 5.74) is 16.4. The van der Waals surface area contributed by atoms with Crippen LogP contribution in [0.15, 0.2) is 36.4 Å². The van der Waals surface area contributed by atoms with Gasteiger partial charge in [-0.1, -0.05) is 35.3 Å². The summed E-state index contributed by atoms with van der Waals surface area (Å²) < 4.78 is 0. The summed E-state index contributed by atoms with van der Waals surface area (Å²) in [4.78, 5) is 0. The quantitative estimate of drug-likeness (QED) is 0.452. The van der Waals surface area contributed by atoms with Crippen molar-refractivity contribution in [3.05, 3.63) is 57.6 Å². The van der Waals surface area contributed by atoms with E-state index in [9.17, 15) is 0 Å². The van der Waals surface area contributed by atoms with Crippen LogP contribution in [0.25, 0.3) is 0 Å². The molecule has 0 unspecified atom stereocenters. The lowest BCUT2D eigenvalue weighted by Crippen LogP contribution is -2.33. The van der Waals surface area contributed by atoms with Gasteiger partial charge in [-0.15, -0.1) is 0 Å². The molecular formula is C16H20Cl2N4. The van der Waals surface area contributed by atoms with E-state index in [0.29, 0.717) is 23.1 Å². The maximum Gasteiger partial charge on any atom is 0.0674 e. The molecule has 0 heterocycles. The van der Waals surface area contributed by atoms with Gasteiger partial charge in [0.15, 0.2) is 0 Å². The molecule has 2 aromatic rings. The smallest absolute Gasteiger partial charge is 0.0674 e. The van der Waals surface area contributed by atoms with Gasteiger partial charge in [0.05, 0.1) is 21.4 Å². The van der Waals surface area contributed by atoms with Crippen molar-refractivity contribution in [3.63, 3.8) is 0 Å². The SMILES string of the molecule is Cc1ccc(NNCCNNc2ccc(C)cc2Cl)c(Cl)c1. The van der Waals surface area contributed by atoms with Crippen LogP contribution < -0.4 is 21.7 Å². The number of anilines is 2. The largest absolute Gasteiger partial charge is 0.320 e. The zero-order chi connectivity index (χ0) is 15.9. The second-order valence-corrected chi connectivity index (χ2v) is 5.88. The minimum absolute atomic E-state index is 0.699. The molecule has 2 aromatic carbocycles. The fraction of sp³-hybridized carbons (Fsp3) is 0.250. The molecule has 0 spiro atoms. The molecule has 4 N–H and O–H groups in total. The van der Waals surface area contributed by atoms with Crippen molar-refractivity contribution in [2.75, 3.05) is 23.9 Å². The van der Waals surface area contributed by atoms with Gasteiger partial charge in [0.25, 0.3) is 0 Å². The van der Waals surface area contributed by atoms with Gasteiger partial charge < -0.3 is 10.9 Å². The molecule has 0 amide bonds. The number of rotatable bonds is 7. The lowest BCUT2D eigenvalue weighted by Gasteiger charge is -2.13. The lowest BCUT2D eigenvalue weighted by atomic mass is 10.2. The summed E-state index contributed by atoms with van der Waals surface area (Å²) in [6.07, 6.45) is 0. The van der Waals surface area contributed by atoms with E-state index in [1.807, 2.05) is 50.2 Å². The highest BCUT2D eigenvalue weighted by Crippen LogP contribution is 2.22. The van der Waals surface area contributed by atoms with E-state index in [1.165, 1.54) is 0 Å². The van der Waals surface area contributed by atoms with Gasteiger partial charge in [-0.3, -0.25) is 0 Å². The second-order valence-electron chi connectivity index (χ2n) is 5.07. The van der Waals surface area contributed by atoms with Crippen LogP contribution in [0, 0.1) is 13.8 Å². The van der Waals surface area contributed by atoms with Gasteiger partial charge in [0.2, 0.25) is 0 Å². The third-order valence-corrected chi connectivity index (χ3v) is 3.70. The molecule has 0 radical (unpaired) electrons. The van der Waals surface area contributed by atoms with Crippen LogP contribution >= 0.6 is 23.2 Å². The maximum atomic E-state index is 6.13. The van der Waals surface area contributed by atoms with Gasteiger partial charge in [-0.2, -0.15) is 0 Å². The molecule has 0 saturated carbocycles. The van der Waals surface area contributed by atoms with Crippen LogP contribution in [0.3, 0.4) is 0 Å². The molecule has 6 heteroatoms. The summed E-state index contributed by atoms with van der Waals surface area (Å²) in [6, 6.07) is 11.8. The molecule has 0 aliphatic rings. The number of nitrogens with one attached hydrogen (secondary N) is 4. The average Bonchev–Trinajstić information content (AvgIpc) is 2.46. The van der Waals surface area contributed by atoms with Crippen LogP contribution in [0.1, 0.15) is 11.1 Å². The summed E-state index contributed by atoms with van der Waals surface area (Å²) in [6.45, 7) is 5.44. The summed E-state index contributed by atoms with van der Waals surface area (Å²) in [5.74, 6) is 0. The minimum Gasteiger partial charge on any atom is -0.320 e. The number of hydrazine groups is 2. The Labute approximate surface area is 141 Å². The van der Waals surface area contributed by atoms with Crippen molar-refractivity contribution < 1.29 is 0 Å². The Kier molecular flexibility index (Phi) is 6.34. The molecule has 0 saturated heterocycles. The van der Waals surface area contributed by atoms with E-state index < -0.39 is 0 Å². The molecule has 0 aliphatic carbocycles. The average molecular weight is 339 g/mol. The van der Waals surface area contributed by atoms with Gasteiger partial charge in [0, 0.05) is 13.1 Å². The Morgan fingerprint density at radius 1 is 0.727 bits per heavy atom. The predicted molar refractivity (Wildman–Crippen MR) is 95.6 cm³/mol. The molecule has 0 atom stereocenters. The minimum atomic E-state index is 0.699. The Balaban J connectivity index is 1.67. The number of hydrogen-bond donors (Lipinski definition) is 4. The topological polar surface area (TPSA) is 48.1 Å². The fourth-order valence-electron chi connectivity index (χ4n) is 1.88. The lowest BCUT2D eigenvalue weighted by molar-refractivity contribution is 0.705. The third-order valence-electron chi connectivity index (χ3n) is 3.07. The summed E-state index contributed by atoms with van der Waals surface area (Å²) in [7, 11) is 0. The Morgan fingerprint density at radius 2 is 1.14 bits per heavy atom. The van der Waals surface area contributed by atoms with Crippen molar-refractivity contribution in [1.29, 1.82) is 0 Å². The van der Waals surface area contributed by atoms with Gasteiger partial charge >= 0.3 is 0 Å². The Bertz CT molecular complexity index is 576. The van der Waals surface area contributed by atoms with Crippen molar-refractivity contribution in [1.82, 2.24) is 10.9 Å². The molecule has 0 aromatic heterocycles. The molecule has 22 heavy (non-hydrogen) atoms. The van der Waals surface area contributed by atoms with E-state index in [2.05, 4.69) is 21.7 Å². The van der Waals surface area contributed by atoms with Crippen molar-refractivity contribution in [2.24, 2.45) is 0 Å². The molecule has 4 nitrogen and oxygen atoms in total. The molecule has 2 rings (SSSR count). The first-order valence-electron chi connectivity index (χ1n) is 7.06. The van der Waals surface area contributed by atoms with Crippen LogP contribution in [-0.2, 0) is 0 Å². The van der Waals surface area contributed by atoms with Crippen LogP contribution in [0.2, 0.25) is 10.0 Å². The second kappa shape index (κ2) is 8.25. The van der Waals surface area contributed by atoms with Gasteiger partial charge in [0.1, 0.15) is 0 Å². The maximum absolute atomic E-state index is 6.13. The highest BCUT2D eigenvalue weighted by Gasteiger charge is 2.00. The number of halogens is 2. The van der Waals surface area contributed by atoms with E-state index in [1.54, 1.807) is 0 Å². The number of hydrogen-bond acceptors (Lipinski definition) is 4. The highest BCUT2D eigenvalue weighted by atomic mass is 35.5. The molecule has 0 aliphatic heterocycles. The predicted octanol–water partition coefficient (Wildman–Crippen LogP) is 4.14. The zero-order valence-corrected chi connectivity index (χ0v) is 14.1. The normalized spacial score (nSPS) is 10.5. The van der Waals surface area contributed by atoms with Gasteiger partial charge in [-0.25, -0.2) is 10.9 Å². The number of benzene rings is 2. The number of aryl methyl sites for hydroxylation is 2. The van der Waals surface area contributed by atoms with Crippen molar-refractivity contribution in [2.45, 2.75) is 13.8 Å². The van der Waals surface area contributed by atoms with Crippen molar-refractivity contribution >= 4 is 34.6 Å². The fourth-order valence-corrected chi connectivity index (χ4v) is 2.45. The Morgan fingerprint density at radius 3 is 1.50 bits per heavy atom. The van der Waals surface area contributed by atoms with E-state index in [-0.39, 0.29) is 0 Å². The van der Waals surface area contributed by atoms with E-state index in [0.717, 1.165) is 22.5 Å². The van der Waals surface area contributed by atoms with Gasteiger partial charge in [-0.05, 0) is 49.2 Å². The van der Waals surface area contributed by atoms with Crippen LogP contribution in [0.4, 0.5) is 11.4 Å². The highest BCUT2D eigenvalue weighted by molar-refractivity contribution is 6.33. The van der Waals surface area contributed by atoms with Crippen LogP contribution in [0.5, 0.6) is 0 Å². The molecule has 118 valence electrons. The van der Waals surface area contributed by atoms with Crippen LogP contribution in [-0.4, -0.2) is 13.1 Å². The molecule has 0 fully saturated rings. The Hall–Kier alpha value is -1.46. The molecule has 0 bridgehead atoms. The first kappa shape index (κ1) is 16.9. The van der Waals surface area contributed by atoms with E-state index in [4.69, 9.17) is 23.2 Å². The summed E-state index contributed by atoms with van der Waals surface area (Å²) in [5, 5.41) is 1.40. The summed E-state index contributed by atoms with van der Waals surface area (Å²) >= 11 is 12.3. The zero-order valence-electron chi connectivity index (χ0n) is 12.6. The van der Waals surface area contributed by atoms with E-state index >= 15 is 0 Å².